The second-order valence-electron chi connectivity index (χ2n) is 8.25. The number of carbonyl (C=O) groups excluding carboxylic acids is 4. The predicted molar refractivity (Wildman–Crippen MR) is 126 cm³/mol. The number of nitrogens with zero attached hydrogens (tertiary/aromatic N) is 1. The molecule has 0 radical (unpaired) electrons. The Balaban J connectivity index is 2.33. The van der Waals surface area contributed by atoms with Gasteiger partial charge in [0.1, 0.15) is 24.4 Å². The van der Waals surface area contributed by atoms with Crippen LogP contribution >= 0.6 is 0 Å². The van der Waals surface area contributed by atoms with Gasteiger partial charge in [0.25, 0.3) is 5.91 Å². The van der Waals surface area contributed by atoms with Gasteiger partial charge in [-0.25, -0.2) is 0 Å². The fourth-order valence-electron chi connectivity index (χ4n) is 3.48. The topological polar surface area (TPSA) is 126 Å². The summed E-state index contributed by atoms with van der Waals surface area (Å²) in [5, 5.41) is 8.10. The van der Waals surface area contributed by atoms with Crippen molar-refractivity contribution < 1.29 is 28.7 Å². The van der Waals surface area contributed by atoms with Crippen molar-refractivity contribution in [1.82, 2.24) is 20.9 Å². The summed E-state index contributed by atoms with van der Waals surface area (Å²) in [6.07, 6.45) is 0.353. The molecule has 0 fully saturated rings. The van der Waals surface area contributed by atoms with Gasteiger partial charge >= 0.3 is 0 Å². The second kappa shape index (κ2) is 13.5. The smallest absolute Gasteiger partial charge is 0.255 e. The molecular formula is C24H36N4O6. The summed E-state index contributed by atoms with van der Waals surface area (Å²) in [6, 6.07) is 4.74. The van der Waals surface area contributed by atoms with Crippen LogP contribution in [0, 0.1) is 5.92 Å². The highest BCUT2D eigenvalue weighted by molar-refractivity contribution is 6.01. The average molecular weight is 477 g/mol. The Labute approximate surface area is 200 Å². The first-order valence-electron chi connectivity index (χ1n) is 11.7. The van der Waals surface area contributed by atoms with E-state index in [0.29, 0.717) is 25.4 Å². The molecule has 34 heavy (non-hydrogen) atoms. The Morgan fingerprint density at radius 1 is 1.24 bits per heavy atom. The summed E-state index contributed by atoms with van der Waals surface area (Å²) in [5.74, 6) is -1.58. The van der Waals surface area contributed by atoms with E-state index >= 15 is 0 Å². The van der Waals surface area contributed by atoms with Crippen LogP contribution in [0.2, 0.25) is 0 Å². The maximum Gasteiger partial charge on any atom is 0.255 e. The second-order valence-corrected chi connectivity index (χ2v) is 8.25. The molecule has 4 amide bonds. The van der Waals surface area contributed by atoms with Gasteiger partial charge < -0.3 is 30.3 Å². The Hall–Kier alpha value is -3.14. The molecule has 3 N–H and O–H groups in total. The van der Waals surface area contributed by atoms with Crippen molar-refractivity contribution in [2.75, 3.05) is 40.0 Å². The highest BCUT2D eigenvalue weighted by Gasteiger charge is 2.31. The lowest BCUT2D eigenvalue weighted by Crippen LogP contribution is -2.54. The highest BCUT2D eigenvalue weighted by Crippen LogP contribution is 2.19. The molecule has 0 bridgehead atoms. The molecule has 188 valence electrons. The number of likely N-dealkylation sites (N-methyl/N-ethyl adjacent to an activating group) is 1. The van der Waals surface area contributed by atoms with Gasteiger partial charge in [-0.3, -0.25) is 19.2 Å². The van der Waals surface area contributed by atoms with Crippen LogP contribution in [0.5, 0.6) is 5.75 Å². The van der Waals surface area contributed by atoms with Crippen LogP contribution in [0.3, 0.4) is 0 Å². The summed E-state index contributed by atoms with van der Waals surface area (Å²) >= 11 is 0. The molecule has 1 heterocycles. The number of fused-ring (bicyclic) bond motifs is 1. The molecule has 3 atom stereocenters. The van der Waals surface area contributed by atoms with E-state index < -0.39 is 29.8 Å². The van der Waals surface area contributed by atoms with Crippen LogP contribution in [-0.4, -0.2) is 80.6 Å². The molecule has 1 aliphatic heterocycles. The van der Waals surface area contributed by atoms with Crippen molar-refractivity contribution in [2.45, 2.75) is 45.7 Å². The van der Waals surface area contributed by atoms with E-state index in [4.69, 9.17) is 9.47 Å². The summed E-state index contributed by atoms with van der Waals surface area (Å²) in [4.78, 5) is 53.3. The maximum atomic E-state index is 13.1. The van der Waals surface area contributed by atoms with Gasteiger partial charge in [-0.1, -0.05) is 32.4 Å². The SMILES string of the molecule is CCOCCNC(=O)[C@@H]1CC(=O)N[C@@H]([C@@H](C)CC)C(=O)N(C)CCOc2ccccc2C(=O)N1. The van der Waals surface area contributed by atoms with Crippen LogP contribution in [0.4, 0.5) is 0 Å². The third kappa shape index (κ3) is 7.72. The standard InChI is InChI=1S/C24H36N4O6/c1-5-16(3)21-24(32)28(4)12-14-34-19-10-8-7-9-17(19)22(30)26-18(15-20(29)27-21)23(31)25-11-13-33-6-2/h7-10,16,18,21H,5-6,11-15H2,1-4H3,(H,25,31)(H,26,30)(H,27,29)/t16-,18-,21-/m0/s1. The minimum atomic E-state index is -1.14. The summed E-state index contributed by atoms with van der Waals surface area (Å²) < 4.78 is 11.0. The van der Waals surface area contributed by atoms with E-state index in [-0.39, 0.29) is 43.5 Å². The first kappa shape index (κ1) is 27.1. The Kier molecular flexibility index (Phi) is 10.8. The lowest BCUT2D eigenvalue weighted by molar-refractivity contribution is -0.137. The Bertz CT molecular complexity index is 862. The maximum absolute atomic E-state index is 13.1. The zero-order valence-electron chi connectivity index (χ0n) is 20.4. The molecular weight excluding hydrogens is 440 g/mol. The molecule has 0 aromatic heterocycles. The number of hydrogen-bond acceptors (Lipinski definition) is 6. The molecule has 1 aliphatic rings. The van der Waals surface area contributed by atoms with Gasteiger partial charge in [0.05, 0.1) is 25.1 Å². The number of hydrogen-bond donors (Lipinski definition) is 3. The van der Waals surface area contributed by atoms with E-state index in [2.05, 4.69) is 16.0 Å². The fourth-order valence-corrected chi connectivity index (χ4v) is 3.48. The van der Waals surface area contributed by atoms with Gasteiger partial charge in [-0.2, -0.15) is 0 Å². The van der Waals surface area contributed by atoms with Crippen molar-refractivity contribution in [1.29, 1.82) is 0 Å². The number of para-hydroxylation sites is 1. The summed E-state index contributed by atoms with van der Waals surface area (Å²) in [6.45, 7) is 7.15. The first-order chi connectivity index (χ1) is 16.3. The molecule has 1 aromatic rings. The number of benzene rings is 1. The minimum Gasteiger partial charge on any atom is -0.491 e. The molecule has 0 unspecified atom stereocenters. The lowest BCUT2D eigenvalue weighted by atomic mass is 9.97. The van der Waals surface area contributed by atoms with Gasteiger partial charge in [0.2, 0.25) is 17.7 Å². The van der Waals surface area contributed by atoms with Crippen LogP contribution < -0.4 is 20.7 Å². The monoisotopic (exact) mass is 476 g/mol. The average Bonchev–Trinajstić information content (AvgIpc) is 2.83. The lowest BCUT2D eigenvalue weighted by Gasteiger charge is -2.29. The molecule has 0 aliphatic carbocycles. The fraction of sp³-hybridized carbons (Fsp3) is 0.583. The van der Waals surface area contributed by atoms with Crippen molar-refractivity contribution in [3.05, 3.63) is 29.8 Å². The van der Waals surface area contributed by atoms with Crippen molar-refractivity contribution in [3.63, 3.8) is 0 Å². The summed E-state index contributed by atoms with van der Waals surface area (Å²) in [7, 11) is 1.65. The van der Waals surface area contributed by atoms with Crippen LogP contribution in [-0.2, 0) is 19.1 Å². The molecule has 10 heteroatoms. The third-order valence-electron chi connectivity index (χ3n) is 5.75. The van der Waals surface area contributed by atoms with Crippen molar-refractivity contribution in [2.24, 2.45) is 5.92 Å². The number of rotatable bonds is 7. The molecule has 0 saturated carbocycles. The normalized spacial score (nSPS) is 20.8. The largest absolute Gasteiger partial charge is 0.491 e. The minimum absolute atomic E-state index is 0.124. The van der Waals surface area contributed by atoms with E-state index in [1.165, 1.54) is 4.90 Å². The van der Waals surface area contributed by atoms with Crippen molar-refractivity contribution in [3.8, 4) is 5.75 Å². The van der Waals surface area contributed by atoms with Crippen LogP contribution in [0.25, 0.3) is 0 Å². The van der Waals surface area contributed by atoms with E-state index in [0.717, 1.165) is 0 Å². The zero-order valence-corrected chi connectivity index (χ0v) is 20.4. The molecule has 2 rings (SSSR count). The predicted octanol–water partition coefficient (Wildman–Crippen LogP) is 0.710. The first-order valence-corrected chi connectivity index (χ1v) is 11.7. The molecule has 10 nitrogen and oxygen atoms in total. The Morgan fingerprint density at radius 2 is 1.97 bits per heavy atom. The van der Waals surface area contributed by atoms with Crippen LogP contribution in [0.1, 0.15) is 44.0 Å². The molecule has 1 aromatic carbocycles. The van der Waals surface area contributed by atoms with E-state index in [1.807, 2.05) is 20.8 Å². The van der Waals surface area contributed by atoms with Crippen LogP contribution in [0.15, 0.2) is 24.3 Å². The summed E-state index contributed by atoms with van der Waals surface area (Å²) in [5.41, 5.74) is 0.235. The van der Waals surface area contributed by atoms with Gasteiger partial charge in [-0.05, 0) is 25.0 Å². The number of ether oxygens (including phenoxy) is 2. The highest BCUT2D eigenvalue weighted by atomic mass is 16.5. The quantitative estimate of drug-likeness (QED) is 0.498. The molecule has 0 saturated heterocycles. The number of amides is 4. The third-order valence-corrected chi connectivity index (χ3v) is 5.75. The Morgan fingerprint density at radius 3 is 2.68 bits per heavy atom. The number of nitrogens with one attached hydrogen (secondary N) is 3. The number of carbonyl (C=O) groups is 4. The van der Waals surface area contributed by atoms with Gasteiger partial charge in [0, 0.05) is 20.2 Å². The van der Waals surface area contributed by atoms with Gasteiger partial charge in [-0.15, -0.1) is 0 Å². The van der Waals surface area contributed by atoms with E-state index in [1.54, 1.807) is 31.3 Å². The van der Waals surface area contributed by atoms with Gasteiger partial charge in [0.15, 0.2) is 0 Å². The zero-order chi connectivity index (χ0) is 25.1. The molecule has 0 spiro atoms. The van der Waals surface area contributed by atoms with Crippen molar-refractivity contribution >= 4 is 23.6 Å². The van der Waals surface area contributed by atoms with E-state index in [9.17, 15) is 19.2 Å².